The second-order valence-electron chi connectivity index (χ2n) is 3.84. The first kappa shape index (κ1) is 11.3. The van der Waals surface area contributed by atoms with E-state index < -0.39 is 0 Å². The molecule has 1 aromatic heterocycles. The van der Waals surface area contributed by atoms with Crippen LogP contribution in [-0.2, 0) is 11.3 Å². The molecule has 0 aliphatic rings. The molecule has 0 aliphatic carbocycles. The fourth-order valence-electron chi connectivity index (χ4n) is 1.75. The molecular formula is C11H14N4O2. The lowest BCUT2D eigenvalue weighted by atomic mass is 10.3. The second-order valence-corrected chi connectivity index (χ2v) is 3.84. The number of rotatable bonds is 3. The summed E-state index contributed by atoms with van der Waals surface area (Å²) < 4.78 is 1.57. The minimum Gasteiger partial charge on any atom is -0.399 e. The number of anilines is 1. The smallest absolute Gasteiger partial charge is 0.326 e. The number of hydrogen-bond acceptors (Lipinski definition) is 3. The molecule has 0 fully saturated rings. The zero-order valence-corrected chi connectivity index (χ0v) is 9.49. The van der Waals surface area contributed by atoms with Gasteiger partial charge in [0.2, 0.25) is 5.91 Å². The molecule has 0 bridgehead atoms. The number of nitrogens with two attached hydrogens (primary N) is 1. The molecule has 0 aliphatic heterocycles. The number of carbonyl (C=O) groups is 1. The minimum atomic E-state index is -0.198. The molecule has 0 saturated heterocycles. The lowest BCUT2D eigenvalue weighted by molar-refractivity contribution is -0.118. The maximum atomic E-state index is 11.7. The highest BCUT2D eigenvalue weighted by atomic mass is 16.2. The predicted molar refractivity (Wildman–Crippen MR) is 65.7 cm³/mol. The largest absolute Gasteiger partial charge is 0.399 e. The highest BCUT2D eigenvalue weighted by Crippen LogP contribution is 2.13. The molecule has 1 amide bonds. The molecule has 0 spiro atoms. The summed E-state index contributed by atoms with van der Waals surface area (Å²) in [5.41, 5.74) is 7.53. The zero-order valence-electron chi connectivity index (χ0n) is 9.49. The summed E-state index contributed by atoms with van der Waals surface area (Å²) in [6.45, 7) is 2.30. The molecule has 2 aromatic rings. The second kappa shape index (κ2) is 4.32. The van der Waals surface area contributed by atoms with Crippen molar-refractivity contribution in [3.8, 4) is 0 Å². The molecule has 0 radical (unpaired) electrons. The number of nitrogens with one attached hydrogen (secondary N) is 2. The van der Waals surface area contributed by atoms with Crippen LogP contribution in [-0.4, -0.2) is 22.0 Å². The topological polar surface area (TPSA) is 92.9 Å². The molecule has 1 aromatic carbocycles. The van der Waals surface area contributed by atoms with Crippen molar-refractivity contribution in [1.82, 2.24) is 14.9 Å². The predicted octanol–water partition coefficient (Wildman–Crippen LogP) is 0.0479. The molecule has 4 N–H and O–H groups in total. The van der Waals surface area contributed by atoms with Gasteiger partial charge < -0.3 is 16.0 Å². The first-order valence-electron chi connectivity index (χ1n) is 5.30. The molecule has 0 unspecified atom stereocenters. The van der Waals surface area contributed by atoms with Gasteiger partial charge in [0.1, 0.15) is 0 Å². The van der Waals surface area contributed by atoms with Crippen LogP contribution in [0.25, 0.3) is 11.0 Å². The normalized spacial score (nSPS) is 10.6. The van der Waals surface area contributed by atoms with E-state index in [9.17, 15) is 9.59 Å². The van der Waals surface area contributed by atoms with E-state index in [1.165, 1.54) is 6.92 Å². The van der Waals surface area contributed by atoms with Crippen molar-refractivity contribution in [2.24, 2.45) is 0 Å². The average molecular weight is 234 g/mol. The number of hydrogen-bond donors (Lipinski definition) is 3. The summed E-state index contributed by atoms with van der Waals surface area (Å²) in [5, 5.41) is 2.65. The number of aromatic nitrogens is 2. The van der Waals surface area contributed by atoms with Gasteiger partial charge in [-0.15, -0.1) is 0 Å². The van der Waals surface area contributed by atoms with E-state index in [1.807, 2.05) is 0 Å². The summed E-state index contributed by atoms with van der Waals surface area (Å²) in [6.07, 6.45) is 0. The van der Waals surface area contributed by atoms with E-state index in [4.69, 9.17) is 5.73 Å². The Morgan fingerprint density at radius 1 is 1.53 bits per heavy atom. The van der Waals surface area contributed by atoms with Crippen molar-refractivity contribution in [3.63, 3.8) is 0 Å². The molecule has 0 atom stereocenters. The number of fused-ring (bicyclic) bond motifs is 1. The van der Waals surface area contributed by atoms with Gasteiger partial charge in [0.25, 0.3) is 0 Å². The average Bonchev–Trinajstić information content (AvgIpc) is 2.54. The quantitative estimate of drug-likeness (QED) is 0.655. The Bertz CT molecular complexity index is 611. The third-order valence-electron chi connectivity index (χ3n) is 2.51. The maximum Gasteiger partial charge on any atom is 0.326 e. The van der Waals surface area contributed by atoms with E-state index in [2.05, 4.69) is 10.3 Å². The zero-order chi connectivity index (χ0) is 12.4. The molecule has 6 nitrogen and oxygen atoms in total. The summed E-state index contributed by atoms with van der Waals surface area (Å²) in [4.78, 5) is 25.1. The number of carbonyl (C=O) groups excluding carboxylic acids is 1. The van der Waals surface area contributed by atoms with Gasteiger partial charge in [-0.2, -0.15) is 0 Å². The van der Waals surface area contributed by atoms with Crippen molar-refractivity contribution >= 4 is 22.6 Å². The van der Waals surface area contributed by atoms with E-state index in [1.54, 1.807) is 22.8 Å². The SMILES string of the molecule is CC(=O)NCCn1c(=O)[nH]c2cc(N)ccc21. The first-order chi connectivity index (χ1) is 8.08. The van der Waals surface area contributed by atoms with E-state index in [-0.39, 0.29) is 11.6 Å². The van der Waals surface area contributed by atoms with Gasteiger partial charge in [0.05, 0.1) is 11.0 Å². The highest BCUT2D eigenvalue weighted by molar-refractivity contribution is 5.79. The fraction of sp³-hybridized carbons (Fsp3) is 0.273. The van der Waals surface area contributed by atoms with Gasteiger partial charge in [-0.1, -0.05) is 0 Å². The third kappa shape index (κ3) is 2.30. The molecule has 17 heavy (non-hydrogen) atoms. The third-order valence-corrected chi connectivity index (χ3v) is 2.51. The number of benzene rings is 1. The van der Waals surface area contributed by atoms with Crippen LogP contribution in [0.1, 0.15) is 6.92 Å². The standard InChI is InChI=1S/C11H14N4O2/c1-7(16)13-4-5-15-10-3-2-8(12)6-9(10)14-11(15)17/h2-3,6H,4-5,12H2,1H3,(H,13,16)(H,14,17). The fourth-order valence-corrected chi connectivity index (χ4v) is 1.75. The Kier molecular flexibility index (Phi) is 2.86. The van der Waals surface area contributed by atoms with Gasteiger partial charge in [0.15, 0.2) is 0 Å². The molecule has 1 heterocycles. The Hall–Kier alpha value is -2.24. The van der Waals surface area contributed by atoms with Crippen molar-refractivity contribution in [3.05, 3.63) is 28.7 Å². The van der Waals surface area contributed by atoms with E-state index in [0.29, 0.717) is 24.3 Å². The van der Waals surface area contributed by atoms with Crippen LogP contribution in [0, 0.1) is 0 Å². The Morgan fingerprint density at radius 3 is 3.00 bits per heavy atom. The van der Waals surface area contributed by atoms with Crippen LogP contribution in [0.4, 0.5) is 5.69 Å². The lowest BCUT2D eigenvalue weighted by Gasteiger charge is -2.04. The van der Waals surface area contributed by atoms with Gasteiger partial charge in [-0.05, 0) is 18.2 Å². The van der Waals surface area contributed by atoms with Crippen molar-refractivity contribution in [2.45, 2.75) is 13.5 Å². The Morgan fingerprint density at radius 2 is 2.29 bits per heavy atom. The van der Waals surface area contributed by atoms with Crippen LogP contribution >= 0.6 is 0 Å². The Labute approximate surface area is 97.4 Å². The van der Waals surface area contributed by atoms with Crippen LogP contribution in [0.15, 0.2) is 23.0 Å². The summed E-state index contributed by atoms with van der Waals surface area (Å²) in [7, 11) is 0. The van der Waals surface area contributed by atoms with Gasteiger partial charge in [-0.25, -0.2) is 4.79 Å². The summed E-state index contributed by atoms with van der Waals surface area (Å²) in [5.74, 6) is -0.109. The molecular weight excluding hydrogens is 220 g/mol. The maximum absolute atomic E-state index is 11.7. The number of nitrogens with zero attached hydrogens (tertiary/aromatic N) is 1. The number of imidazole rings is 1. The van der Waals surface area contributed by atoms with Crippen molar-refractivity contribution < 1.29 is 4.79 Å². The van der Waals surface area contributed by atoms with Crippen molar-refractivity contribution in [2.75, 3.05) is 12.3 Å². The van der Waals surface area contributed by atoms with Crippen LogP contribution in [0.3, 0.4) is 0 Å². The monoisotopic (exact) mass is 234 g/mol. The first-order valence-corrected chi connectivity index (χ1v) is 5.30. The lowest BCUT2D eigenvalue weighted by Crippen LogP contribution is -2.28. The van der Waals surface area contributed by atoms with E-state index in [0.717, 1.165) is 5.52 Å². The van der Waals surface area contributed by atoms with Crippen LogP contribution < -0.4 is 16.7 Å². The Balaban J connectivity index is 2.30. The van der Waals surface area contributed by atoms with Gasteiger partial charge >= 0.3 is 5.69 Å². The molecule has 90 valence electrons. The highest BCUT2D eigenvalue weighted by Gasteiger charge is 2.06. The summed E-state index contributed by atoms with van der Waals surface area (Å²) in [6, 6.07) is 5.24. The summed E-state index contributed by atoms with van der Waals surface area (Å²) >= 11 is 0. The number of nitrogen functional groups attached to an aromatic ring is 1. The molecule has 0 saturated carbocycles. The van der Waals surface area contributed by atoms with E-state index >= 15 is 0 Å². The molecule has 2 rings (SSSR count). The van der Waals surface area contributed by atoms with Crippen LogP contribution in [0.2, 0.25) is 0 Å². The number of amides is 1. The number of H-pyrrole nitrogens is 1. The molecule has 6 heteroatoms. The van der Waals surface area contributed by atoms with Gasteiger partial charge in [-0.3, -0.25) is 9.36 Å². The number of aromatic amines is 1. The van der Waals surface area contributed by atoms with Crippen LogP contribution in [0.5, 0.6) is 0 Å². The van der Waals surface area contributed by atoms with Crippen molar-refractivity contribution in [1.29, 1.82) is 0 Å². The minimum absolute atomic E-state index is 0.109. The van der Waals surface area contributed by atoms with Gasteiger partial charge in [0, 0.05) is 25.7 Å².